The molecule has 0 saturated heterocycles. The lowest BCUT2D eigenvalue weighted by Gasteiger charge is -2.10. The van der Waals surface area contributed by atoms with Gasteiger partial charge in [0.2, 0.25) is 0 Å². The van der Waals surface area contributed by atoms with Crippen molar-refractivity contribution < 1.29 is 9.15 Å². The van der Waals surface area contributed by atoms with Crippen LogP contribution in [0, 0.1) is 6.92 Å². The number of nitrogens with one attached hydrogen (secondary N) is 1. The largest absolute Gasteiger partial charge is 0.488 e. The molecule has 1 fully saturated rings. The van der Waals surface area contributed by atoms with Gasteiger partial charge in [0.15, 0.2) is 0 Å². The quantitative estimate of drug-likeness (QED) is 0.871. The van der Waals surface area contributed by atoms with Crippen LogP contribution in [0.15, 0.2) is 34.9 Å². The van der Waals surface area contributed by atoms with Crippen LogP contribution in [0.5, 0.6) is 5.75 Å². The van der Waals surface area contributed by atoms with Gasteiger partial charge in [-0.05, 0) is 43.5 Å². The molecule has 1 saturated carbocycles. The normalized spacial score (nSPS) is 14.5. The van der Waals surface area contributed by atoms with Crippen molar-refractivity contribution in [3.05, 3.63) is 52.4 Å². The van der Waals surface area contributed by atoms with Crippen molar-refractivity contribution in [3.63, 3.8) is 0 Å². The smallest absolute Gasteiger partial charge is 0.124 e. The minimum Gasteiger partial charge on any atom is -0.488 e. The molecule has 1 N–H and O–H groups in total. The third-order valence-electron chi connectivity index (χ3n) is 3.50. The molecule has 0 radical (unpaired) electrons. The van der Waals surface area contributed by atoms with Gasteiger partial charge in [-0.15, -0.1) is 0 Å². The van der Waals surface area contributed by atoms with Gasteiger partial charge < -0.3 is 14.5 Å². The summed E-state index contributed by atoms with van der Waals surface area (Å²) >= 11 is 5.99. The zero-order valence-electron chi connectivity index (χ0n) is 11.5. The highest BCUT2D eigenvalue weighted by atomic mass is 35.5. The molecule has 1 aromatic carbocycles. The first-order chi connectivity index (χ1) is 9.72. The minimum atomic E-state index is 0.499. The van der Waals surface area contributed by atoms with E-state index in [2.05, 4.69) is 5.32 Å². The number of rotatable bonds is 6. The predicted octanol–water partition coefficient (Wildman–Crippen LogP) is 4.07. The Hall–Kier alpha value is -1.45. The Bertz CT molecular complexity index is 590. The lowest BCUT2D eigenvalue weighted by molar-refractivity contribution is 0.299. The highest BCUT2D eigenvalue weighted by Crippen LogP contribution is 2.25. The molecule has 1 aliphatic rings. The first-order valence-electron chi connectivity index (χ1n) is 6.90. The fraction of sp³-hybridized carbons (Fsp3) is 0.375. The molecule has 0 atom stereocenters. The van der Waals surface area contributed by atoms with Gasteiger partial charge in [-0.2, -0.15) is 0 Å². The zero-order chi connectivity index (χ0) is 13.9. The van der Waals surface area contributed by atoms with Crippen LogP contribution in [0.2, 0.25) is 5.02 Å². The second kappa shape index (κ2) is 5.90. The summed E-state index contributed by atoms with van der Waals surface area (Å²) in [6.45, 7) is 3.28. The summed E-state index contributed by atoms with van der Waals surface area (Å²) < 4.78 is 11.4. The van der Waals surface area contributed by atoms with Crippen molar-refractivity contribution >= 4 is 11.6 Å². The predicted molar refractivity (Wildman–Crippen MR) is 79.1 cm³/mol. The van der Waals surface area contributed by atoms with Crippen molar-refractivity contribution in [1.29, 1.82) is 0 Å². The zero-order valence-corrected chi connectivity index (χ0v) is 12.2. The number of halogens is 1. The van der Waals surface area contributed by atoms with Crippen LogP contribution in [0.1, 0.15) is 29.7 Å². The van der Waals surface area contributed by atoms with Crippen LogP contribution in [-0.4, -0.2) is 6.04 Å². The Morgan fingerprint density at radius 3 is 3.00 bits per heavy atom. The molecule has 0 bridgehead atoms. The Balaban J connectivity index is 1.62. The van der Waals surface area contributed by atoms with Gasteiger partial charge in [0, 0.05) is 16.6 Å². The topological polar surface area (TPSA) is 34.4 Å². The highest BCUT2D eigenvalue weighted by Gasteiger charge is 2.21. The van der Waals surface area contributed by atoms with Crippen LogP contribution in [0.4, 0.5) is 0 Å². The molecule has 3 rings (SSSR count). The third kappa shape index (κ3) is 3.35. The number of hydrogen-bond acceptors (Lipinski definition) is 3. The summed E-state index contributed by atoms with van der Waals surface area (Å²) in [5, 5.41) is 4.14. The van der Waals surface area contributed by atoms with E-state index in [9.17, 15) is 0 Å². The van der Waals surface area contributed by atoms with Crippen LogP contribution in [0.3, 0.4) is 0 Å². The van der Waals surface area contributed by atoms with Gasteiger partial charge in [-0.1, -0.05) is 17.7 Å². The molecule has 4 heteroatoms. The summed E-state index contributed by atoms with van der Waals surface area (Å²) in [6.07, 6.45) is 4.26. The van der Waals surface area contributed by atoms with Crippen LogP contribution >= 0.6 is 11.6 Å². The molecule has 0 amide bonds. The molecule has 20 heavy (non-hydrogen) atoms. The van der Waals surface area contributed by atoms with E-state index in [1.165, 1.54) is 12.8 Å². The van der Waals surface area contributed by atoms with Crippen LogP contribution in [0.25, 0.3) is 0 Å². The van der Waals surface area contributed by atoms with Crippen molar-refractivity contribution in [2.45, 2.75) is 39.0 Å². The van der Waals surface area contributed by atoms with Crippen LogP contribution in [-0.2, 0) is 13.2 Å². The number of furan rings is 1. The number of ether oxygens (including phenoxy) is 1. The van der Waals surface area contributed by atoms with Crippen molar-refractivity contribution in [1.82, 2.24) is 5.32 Å². The summed E-state index contributed by atoms with van der Waals surface area (Å²) in [5.41, 5.74) is 2.16. The van der Waals surface area contributed by atoms with Crippen molar-refractivity contribution in [2.75, 3.05) is 0 Å². The number of aryl methyl sites for hydroxylation is 1. The summed E-state index contributed by atoms with van der Waals surface area (Å²) in [4.78, 5) is 0. The minimum absolute atomic E-state index is 0.499. The fourth-order valence-electron chi connectivity index (χ4n) is 2.06. The van der Waals surface area contributed by atoms with Gasteiger partial charge in [-0.25, -0.2) is 0 Å². The Morgan fingerprint density at radius 1 is 1.35 bits per heavy atom. The summed E-state index contributed by atoms with van der Waals surface area (Å²) in [6, 6.07) is 8.31. The molecule has 3 nitrogen and oxygen atoms in total. The van der Waals surface area contributed by atoms with Crippen LogP contribution < -0.4 is 10.1 Å². The Labute approximate surface area is 123 Å². The van der Waals surface area contributed by atoms with Crippen molar-refractivity contribution in [2.24, 2.45) is 0 Å². The summed E-state index contributed by atoms with van der Waals surface area (Å²) in [5.74, 6) is 1.77. The third-order valence-corrected chi connectivity index (χ3v) is 3.73. The van der Waals surface area contributed by atoms with Gasteiger partial charge in [0.25, 0.3) is 0 Å². The Kier molecular flexibility index (Phi) is 3.99. The van der Waals surface area contributed by atoms with E-state index in [-0.39, 0.29) is 0 Å². The average molecular weight is 292 g/mol. The molecule has 2 aromatic rings. The fourth-order valence-corrected chi connectivity index (χ4v) is 2.22. The van der Waals surface area contributed by atoms with Gasteiger partial charge >= 0.3 is 0 Å². The van der Waals surface area contributed by atoms with Crippen molar-refractivity contribution in [3.8, 4) is 5.75 Å². The highest BCUT2D eigenvalue weighted by molar-refractivity contribution is 6.30. The van der Waals surface area contributed by atoms with E-state index in [0.29, 0.717) is 17.7 Å². The monoisotopic (exact) mass is 291 g/mol. The lowest BCUT2D eigenvalue weighted by atomic mass is 10.2. The van der Waals surface area contributed by atoms with E-state index < -0.39 is 0 Å². The van der Waals surface area contributed by atoms with Gasteiger partial charge in [0.1, 0.15) is 18.1 Å². The first-order valence-corrected chi connectivity index (χ1v) is 7.28. The van der Waals surface area contributed by atoms with Gasteiger partial charge in [-0.3, -0.25) is 0 Å². The van der Waals surface area contributed by atoms with E-state index in [0.717, 1.165) is 29.2 Å². The van der Waals surface area contributed by atoms with E-state index in [1.54, 1.807) is 6.26 Å². The Morgan fingerprint density at radius 2 is 2.20 bits per heavy atom. The SMILES string of the molecule is Cc1ccc(Cl)cc1OCc1ccoc1CNC1CC1. The molecule has 1 aromatic heterocycles. The second-order valence-electron chi connectivity index (χ2n) is 5.22. The maximum atomic E-state index is 5.99. The molecular formula is C16H18ClNO2. The average Bonchev–Trinajstić information content (AvgIpc) is 3.16. The lowest BCUT2D eigenvalue weighted by Crippen LogP contribution is -2.16. The molecule has 0 aliphatic heterocycles. The first kappa shape index (κ1) is 13.5. The number of hydrogen-bond donors (Lipinski definition) is 1. The molecular weight excluding hydrogens is 274 g/mol. The molecule has 1 aliphatic carbocycles. The summed E-state index contributed by atoms with van der Waals surface area (Å²) in [7, 11) is 0. The maximum absolute atomic E-state index is 5.99. The molecule has 0 spiro atoms. The molecule has 1 heterocycles. The second-order valence-corrected chi connectivity index (χ2v) is 5.66. The maximum Gasteiger partial charge on any atom is 0.124 e. The van der Waals surface area contributed by atoms with E-state index in [1.807, 2.05) is 31.2 Å². The number of benzene rings is 1. The molecule has 0 unspecified atom stereocenters. The van der Waals surface area contributed by atoms with E-state index >= 15 is 0 Å². The van der Waals surface area contributed by atoms with E-state index in [4.69, 9.17) is 20.8 Å². The van der Waals surface area contributed by atoms with Gasteiger partial charge in [0.05, 0.1) is 12.8 Å². The standard InChI is InChI=1S/C16H18ClNO2/c1-11-2-3-13(17)8-15(11)20-10-12-6-7-19-16(12)9-18-14-4-5-14/h2-3,6-8,14,18H,4-5,9-10H2,1H3. The molecule has 106 valence electrons.